The van der Waals surface area contributed by atoms with Crippen LogP contribution in [0.25, 0.3) is 0 Å². The number of aryl methyl sites for hydroxylation is 1. The standard InChI is InChI=1S/C21H21NO5S/c1-4-12(2)18(21(26)27-11-16(23)17-10-9-13(3)28-17)22-19(24)14-7-5-6-8-15(14)20(22)25/h5-10,12,18H,4,11H2,1-3H3/t12-,18-/m0/s1. The molecule has 1 aromatic heterocycles. The lowest BCUT2D eigenvalue weighted by molar-refractivity contribution is -0.148. The Morgan fingerprint density at radius 1 is 1.07 bits per heavy atom. The van der Waals surface area contributed by atoms with Gasteiger partial charge in [-0.05, 0) is 37.1 Å². The van der Waals surface area contributed by atoms with Crippen molar-refractivity contribution in [2.45, 2.75) is 33.2 Å². The lowest BCUT2D eigenvalue weighted by Gasteiger charge is -2.28. The summed E-state index contributed by atoms with van der Waals surface area (Å²) in [5, 5.41) is 0. The van der Waals surface area contributed by atoms with E-state index >= 15 is 0 Å². The average Bonchev–Trinajstić information content (AvgIpc) is 3.23. The van der Waals surface area contributed by atoms with E-state index in [1.807, 2.05) is 19.9 Å². The van der Waals surface area contributed by atoms with E-state index in [4.69, 9.17) is 4.74 Å². The van der Waals surface area contributed by atoms with E-state index in [2.05, 4.69) is 0 Å². The normalized spacial score (nSPS) is 15.3. The Hall–Kier alpha value is -2.80. The largest absolute Gasteiger partial charge is 0.456 e. The Labute approximate surface area is 167 Å². The molecule has 1 aromatic carbocycles. The zero-order valence-electron chi connectivity index (χ0n) is 15.9. The second-order valence-corrected chi connectivity index (χ2v) is 8.09. The maximum absolute atomic E-state index is 12.8. The second kappa shape index (κ2) is 8.06. The number of carbonyl (C=O) groups excluding carboxylic acids is 4. The van der Waals surface area contributed by atoms with Gasteiger partial charge in [0.1, 0.15) is 6.04 Å². The number of ether oxygens (including phenoxy) is 1. The van der Waals surface area contributed by atoms with Crippen LogP contribution in [-0.2, 0) is 9.53 Å². The minimum atomic E-state index is -1.07. The summed E-state index contributed by atoms with van der Waals surface area (Å²) in [7, 11) is 0. The fourth-order valence-corrected chi connectivity index (χ4v) is 3.95. The molecule has 0 bridgehead atoms. The van der Waals surface area contributed by atoms with Crippen LogP contribution in [0.1, 0.15) is 55.5 Å². The molecule has 0 aliphatic carbocycles. The molecule has 28 heavy (non-hydrogen) atoms. The number of nitrogens with zero attached hydrogens (tertiary/aromatic N) is 1. The highest BCUT2D eigenvalue weighted by molar-refractivity contribution is 7.14. The van der Waals surface area contributed by atoms with Crippen LogP contribution in [0.15, 0.2) is 36.4 Å². The number of carbonyl (C=O) groups is 4. The number of imide groups is 1. The van der Waals surface area contributed by atoms with E-state index in [-0.39, 0.29) is 22.8 Å². The number of hydrogen-bond acceptors (Lipinski definition) is 6. The van der Waals surface area contributed by atoms with Crippen molar-refractivity contribution in [1.82, 2.24) is 4.90 Å². The molecule has 0 spiro atoms. The molecular formula is C21H21NO5S. The van der Waals surface area contributed by atoms with Gasteiger partial charge in [0.25, 0.3) is 11.8 Å². The molecule has 0 unspecified atom stereocenters. The molecule has 2 atom stereocenters. The highest BCUT2D eigenvalue weighted by Crippen LogP contribution is 2.28. The summed E-state index contributed by atoms with van der Waals surface area (Å²) in [6, 6.07) is 8.91. The van der Waals surface area contributed by atoms with E-state index in [1.54, 1.807) is 37.3 Å². The van der Waals surface area contributed by atoms with Crippen molar-refractivity contribution in [3.05, 3.63) is 57.3 Å². The molecule has 2 heterocycles. The Balaban J connectivity index is 1.79. The molecule has 1 aliphatic heterocycles. The maximum atomic E-state index is 12.8. The van der Waals surface area contributed by atoms with Crippen LogP contribution in [0.4, 0.5) is 0 Å². The smallest absolute Gasteiger partial charge is 0.330 e. The number of hydrogen-bond donors (Lipinski definition) is 0. The fraction of sp³-hybridized carbons (Fsp3) is 0.333. The predicted octanol–water partition coefficient (Wildman–Crippen LogP) is 3.49. The monoisotopic (exact) mass is 399 g/mol. The number of amides is 2. The zero-order chi connectivity index (χ0) is 20.4. The van der Waals surface area contributed by atoms with Crippen molar-refractivity contribution in [2.75, 3.05) is 6.61 Å². The molecule has 7 heteroatoms. The first-order valence-electron chi connectivity index (χ1n) is 9.08. The van der Waals surface area contributed by atoms with Gasteiger partial charge in [0.05, 0.1) is 16.0 Å². The van der Waals surface area contributed by atoms with Crippen molar-refractivity contribution < 1.29 is 23.9 Å². The Kier molecular flexibility index (Phi) is 5.74. The second-order valence-electron chi connectivity index (χ2n) is 6.80. The first kappa shape index (κ1) is 19.9. The average molecular weight is 399 g/mol. The molecule has 0 fully saturated rings. The minimum absolute atomic E-state index is 0.277. The third-order valence-electron chi connectivity index (χ3n) is 4.89. The van der Waals surface area contributed by atoms with Crippen molar-refractivity contribution in [1.29, 1.82) is 0 Å². The molecule has 0 radical (unpaired) electrons. The summed E-state index contributed by atoms with van der Waals surface area (Å²) in [5.74, 6) is -2.39. The SMILES string of the molecule is CC[C@H](C)[C@@H](C(=O)OCC(=O)c1ccc(C)s1)N1C(=O)c2ccccc2C1=O. The summed E-state index contributed by atoms with van der Waals surface area (Å²) in [5.41, 5.74) is 0.553. The molecule has 2 aromatic rings. The van der Waals surface area contributed by atoms with Crippen LogP contribution in [0.5, 0.6) is 0 Å². The Morgan fingerprint density at radius 3 is 2.18 bits per heavy atom. The molecule has 6 nitrogen and oxygen atoms in total. The first-order valence-corrected chi connectivity index (χ1v) is 9.90. The van der Waals surface area contributed by atoms with Crippen molar-refractivity contribution in [3.8, 4) is 0 Å². The summed E-state index contributed by atoms with van der Waals surface area (Å²) in [6.07, 6.45) is 0.561. The van der Waals surface area contributed by atoms with Gasteiger partial charge in [-0.1, -0.05) is 32.4 Å². The van der Waals surface area contributed by atoms with Crippen molar-refractivity contribution in [3.63, 3.8) is 0 Å². The van der Waals surface area contributed by atoms with Gasteiger partial charge < -0.3 is 4.74 Å². The van der Waals surface area contributed by atoms with Crippen LogP contribution in [0, 0.1) is 12.8 Å². The van der Waals surface area contributed by atoms with Gasteiger partial charge >= 0.3 is 5.97 Å². The molecule has 146 valence electrons. The van der Waals surface area contributed by atoms with E-state index in [1.165, 1.54) is 11.3 Å². The summed E-state index contributed by atoms with van der Waals surface area (Å²) in [6.45, 7) is 5.10. The van der Waals surface area contributed by atoms with Gasteiger partial charge in [-0.2, -0.15) is 0 Å². The number of thiophene rings is 1. The third-order valence-corrected chi connectivity index (χ3v) is 5.93. The predicted molar refractivity (Wildman–Crippen MR) is 105 cm³/mol. The quantitative estimate of drug-likeness (QED) is 0.404. The minimum Gasteiger partial charge on any atom is -0.456 e. The number of fused-ring (bicyclic) bond motifs is 1. The van der Waals surface area contributed by atoms with E-state index in [0.717, 1.165) is 9.78 Å². The van der Waals surface area contributed by atoms with Gasteiger partial charge in [0.2, 0.25) is 5.78 Å². The molecule has 0 saturated heterocycles. The maximum Gasteiger partial charge on any atom is 0.330 e. The number of benzene rings is 1. The third kappa shape index (κ3) is 3.62. The first-order chi connectivity index (χ1) is 13.3. The highest BCUT2D eigenvalue weighted by atomic mass is 32.1. The molecule has 1 aliphatic rings. The number of esters is 1. The molecular weight excluding hydrogens is 378 g/mol. The molecule has 3 rings (SSSR count). The van der Waals surface area contributed by atoms with Crippen LogP contribution < -0.4 is 0 Å². The lowest BCUT2D eigenvalue weighted by atomic mass is 9.97. The zero-order valence-corrected chi connectivity index (χ0v) is 16.7. The molecule has 0 saturated carbocycles. The van der Waals surface area contributed by atoms with Gasteiger partial charge in [0.15, 0.2) is 6.61 Å². The van der Waals surface area contributed by atoms with Crippen LogP contribution in [0.3, 0.4) is 0 Å². The van der Waals surface area contributed by atoms with E-state index in [9.17, 15) is 19.2 Å². The highest BCUT2D eigenvalue weighted by Gasteiger charge is 2.45. The Bertz CT molecular complexity index is 913. The van der Waals surface area contributed by atoms with Crippen LogP contribution in [0.2, 0.25) is 0 Å². The number of Topliss-reactive ketones (excluding diaryl/α,β-unsaturated/α-hetero) is 1. The van der Waals surface area contributed by atoms with Crippen LogP contribution in [-0.4, -0.2) is 41.1 Å². The van der Waals surface area contributed by atoms with Gasteiger partial charge in [-0.15, -0.1) is 11.3 Å². The molecule has 2 amide bonds. The van der Waals surface area contributed by atoms with Crippen LogP contribution >= 0.6 is 11.3 Å². The summed E-state index contributed by atoms with van der Waals surface area (Å²) >= 11 is 1.32. The van der Waals surface area contributed by atoms with Crippen molar-refractivity contribution >= 4 is 34.9 Å². The van der Waals surface area contributed by atoms with Crippen molar-refractivity contribution in [2.24, 2.45) is 5.92 Å². The Morgan fingerprint density at radius 2 is 1.68 bits per heavy atom. The summed E-state index contributed by atoms with van der Waals surface area (Å²) in [4.78, 5) is 53.0. The van der Waals surface area contributed by atoms with Gasteiger partial charge in [-0.25, -0.2) is 4.79 Å². The van der Waals surface area contributed by atoms with Gasteiger partial charge in [-0.3, -0.25) is 19.3 Å². The summed E-state index contributed by atoms with van der Waals surface area (Å²) < 4.78 is 5.23. The fourth-order valence-electron chi connectivity index (χ4n) is 3.15. The topological polar surface area (TPSA) is 80.8 Å². The molecule has 0 N–H and O–H groups in total. The number of rotatable bonds is 7. The van der Waals surface area contributed by atoms with Gasteiger partial charge in [0, 0.05) is 4.88 Å². The van der Waals surface area contributed by atoms with E-state index < -0.39 is 30.4 Å². The lowest BCUT2D eigenvalue weighted by Crippen LogP contribution is -2.49. The number of ketones is 1. The van der Waals surface area contributed by atoms with E-state index in [0.29, 0.717) is 11.3 Å².